The summed E-state index contributed by atoms with van der Waals surface area (Å²) in [7, 11) is 1.83. The number of hydrogen-bond acceptors (Lipinski definition) is 4. The van der Waals surface area contributed by atoms with Crippen molar-refractivity contribution in [3.63, 3.8) is 0 Å². The first-order valence-corrected chi connectivity index (χ1v) is 7.63. The number of rotatable bonds is 4. The van der Waals surface area contributed by atoms with Gasteiger partial charge in [0, 0.05) is 7.05 Å². The Bertz CT molecular complexity index is 906. The van der Waals surface area contributed by atoms with E-state index >= 15 is 0 Å². The van der Waals surface area contributed by atoms with Crippen LogP contribution in [0.2, 0.25) is 10.0 Å². The summed E-state index contributed by atoms with van der Waals surface area (Å²) >= 11 is 12.2. The molecule has 0 amide bonds. The third-order valence-electron chi connectivity index (χ3n) is 3.49. The largest absolute Gasteiger partial charge is 0.487 e. The first kappa shape index (κ1) is 15.8. The summed E-state index contributed by atoms with van der Waals surface area (Å²) in [5, 5.41) is 8.61. The fourth-order valence-electron chi connectivity index (χ4n) is 2.28. The molecule has 0 saturated carbocycles. The average molecular weight is 350 g/mol. The number of aromatic nitrogens is 3. The first-order chi connectivity index (χ1) is 11.0. The topological polar surface area (TPSA) is 57.0 Å². The summed E-state index contributed by atoms with van der Waals surface area (Å²) in [5.41, 5.74) is 3.00. The standard InChI is InChI=1S/C16H13Cl2N3O2/c1-9(22)11-4-5-12(17)15(18)16(11)23-8-10-3-6-14-13(7-10)19-20-21(14)2/h3-7H,8H2,1-2H3. The second-order valence-corrected chi connectivity index (χ2v) is 5.90. The summed E-state index contributed by atoms with van der Waals surface area (Å²) in [6.07, 6.45) is 0. The SMILES string of the molecule is CC(=O)c1ccc(Cl)c(Cl)c1OCc1ccc2c(c1)nnn2C. The lowest BCUT2D eigenvalue weighted by Gasteiger charge is -2.12. The molecule has 0 N–H and O–H groups in total. The van der Waals surface area contributed by atoms with Gasteiger partial charge in [-0.25, -0.2) is 4.68 Å². The number of carbonyl (C=O) groups is 1. The van der Waals surface area contributed by atoms with Gasteiger partial charge < -0.3 is 4.74 Å². The summed E-state index contributed by atoms with van der Waals surface area (Å²) in [6.45, 7) is 1.70. The van der Waals surface area contributed by atoms with Crippen LogP contribution in [-0.2, 0) is 13.7 Å². The number of ketones is 1. The Morgan fingerprint density at radius 3 is 2.78 bits per heavy atom. The molecule has 0 aliphatic carbocycles. The molecule has 118 valence electrons. The Morgan fingerprint density at radius 1 is 1.26 bits per heavy atom. The number of benzene rings is 2. The minimum atomic E-state index is -0.136. The number of halogens is 2. The number of ether oxygens (including phenoxy) is 1. The van der Waals surface area contributed by atoms with Gasteiger partial charge in [0.1, 0.15) is 17.1 Å². The van der Waals surface area contributed by atoms with E-state index in [-0.39, 0.29) is 17.4 Å². The summed E-state index contributed by atoms with van der Waals surface area (Å²) in [5.74, 6) is 0.161. The van der Waals surface area contributed by atoms with Crippen molar-refractivity contribution in [1.82, 2.24) is 15.0 Å². The highest BCUT2D eigenvalue weighted by molar-refractivity contribution is 6.43. The van der Waals surface area contributed by atoms with Gasteiger partial charge in [0.2, 0.25) is 0 Å². The zero-order chi connectivity index (χ0) is 16.6. The van der Waals surface area contributed by atoms with E-state index in [0.29, 0.717) is 16.3 Å². The molecule has 0 aliphatic rings. The smallest absolute Gasteiger partial charge is 0.163 e. The van der Waals surface area contributed by atoms with Gasteiger partial charge in [-0.1, -0.05) is 34.5 Å². The Balaban J connectivity index is 1.90. The number of nitrogens with zero attached hydrogens (tertiary/aromatic N) is 3. The molecule has 23 heavy (non-hydrogen) atoms. The molecule has 3 aromatic rings. The molecule has 0 spiro atoms. The van der Waals surface area contributed by atoms with Crippen LogP contribution in [0.1, 0.15) is 22.8 Å². The van der Waals surface area contributed by atoms with E-state index in [1.165, 1.54) is 6.92 Å². The second-order valence-electron chi connectivity index (χ2n) is 5.12. The Hall–Kier alpha value is -2.11. The minimum absolute atomic E-state index is 0.136. The molecule has 1 aromatic heterocycles. The van der Waals surface area contributed by atoms with Gasteiger partial charge in [0.05, 0.1) is 16.1 Å². The number of hydrogen-bond donors (Lipinski definition) is 0. The molecule has 0 saturated heterocycles. The molecule has 0 bridgehead atoms. The average Bonchev–Trinajstić information content (AvgIpc) is 2.89. The van der Waals surface area contributed by atoms with Gasteiger partial charge >= 0.3 is 0 Å². The van der Waals surface area contributed by atoms with Gasteiger partial charge in [-0.3, -0.25) is 4.79 Å². The van der Waals surface area contributed by atoms with Crippen LogP contribution in [0.15, 0.2) is 30.3 Å². The molecule has 3 rings (SSSR count). The predicted octanol–water partition coefficient (Wildman–Crippen LogP) is 4.06. The maximum atomic E-state index is 11.7. The molecule has 2 aromatic carbocycles. The van der Waals surface area contributed by atoms with Crippen molar-refractivity contribution in [2.24, 2.45) is 7.05 Å². The molecule has 7 heteroatoms. The van der Waals surface area contributed by atoms with Crippen LogP contribution in [0.3, 0.4) is 0 Å². The lowest BCUT2D eigenvalue weighted by molar-refractivity contribution is 0.101. The Kier molecular flexibility index (Phi) is 4.24. The van der Waals surface area contributed by atoms with E-state index in [2.05, 4.69) is 10.3 Å². The summed E-state index contributed by atoms with van der Waals surface area (Å²) in [6, 6.07) is 8.90. The third kappa shape index (κ3) is 3.02. The van der Waals surface area contributed by atoms with Crippen LogP contribution in [0.5, 0.6) is 5.75 Å². The van der Waals surface area contributed by atoms with Crippen LogP contribution < -0.4 is 4.74 Å². The van der Waals surface area contributed by atoms with Crippen LogP contribution >= 0.6 is 23.2 Å². The molecule has 0 radical (unpaired) electrons. The monoisotopic (exact) mass is 349 g/mol. The third-order valence-corrected chi connectivity index (χ3v) is 4.27. The zero-order valence-corrected chi connectivity index (χ0v) is 14.0. The zero-order valence-electron chi connectivity index (χ0n) is 12.5. The normalized spacial score (nSPS) is 11.0. The lowest BCUT2D eigenvalue weighted by atomic mass is 10.1. The fourth-order valence-corrected chi connectivity index (χ4v) is 2.65. The van der Waals surface area contributed by atoms with Crippen LogP contribution in [0.4, 0.5) is 0 Å². The van der Waals surface area contributed by atoms with E-state index in [4.69, 9.17) is 27.9 Å². The summed E-state index contributed by atoms with van der Waals surface area (Å²) < 4.78 is 7.46. The van der Waals surface area contributed by atoms with Crippen LogP contribution in [0.25, 0.3) is 11.0 Å². The van der Waals surface area contributed by atoms with Crippen molar-refractivity contribution in [2.45, 2.75) is 13.5 Å². The second kappa shape index (κ2) is 6.18. The Labute approximate surface area is 142 Å². The van der Waals surface area contributed by atoms with Gasteiger partial charge in [0.25, 0.3) is 0 Å². The predicted molar refractivity (Wildman–Crippen MR) is 89.3 cm³/mol. The number of carbonyl (C=O) groups excluding carboxylic acids is 1. The van der Waals surface area contributed by atoms with Crippen molar-refractivity contribution in [1.29, 1.82) is 0 Å². The van der Waals surface area contributed by atoms with E-state index in [1.54, 1.807) is 16.8 Å². The van der Waals surface area contributed by atoms with Gasteiger partial charge in [-0.05, 0) is 36.8 Å². The van der Waals surface area contributed by atoms with E-state index < -0.39 is 0 Å². The van der Waals surface area contributed by atoms with Crippen molar-refractivity contribution < 1.29 is 9.53 Å². The quantitative estimate of drug-likeness (QED) is 0.666. The van der Waals surface area contributed by atoms with Gasteiger partial charge in [-0.15, -0.1) is 5.10 Å². The molecule has 0 atom stereocenters. The molecule has 0 fully saturated rings. The molecule has 5 nitrogen and oxygen atoms in total. The van der Waals surface area contributed by atoms with Gasteiger partial charge in [0.15, 0.2) is 11.5 Å². The Morgan fingerprint density at radius 2 is 2.04 bits per heavy atom. The highest BCUT2D eigenvalue weighted by atomic mass is 35.5. The van der Waals surface area contributed by atoms with Crippen molar-refractivity contribution in [3.05, 3.63) is 51.5 Å². The molecule has 0 aliphatic heterocycles. The first-order valence-electron chi connectivity index (χ1n) is 6.87. The van der Waals surface area contributed by atoms with Crippen molar-refractivity contribution in [2.75, 3.05) is 0 Å². The van der Waals surface area contributed by atoms with Crippen LogP contribution in [-0.4, -0.2) is 20.8 Å². The highest BCUT2D eigenvalue weighted by Crippen LogP contribution is 2.36. The number of aryl methyl sites for hydroxylation is 1. The fraction of sp³-hybridized carbons (Fsp3) is 0.188. The maximum Gasteiger partial charge on any atom is 0.163 e. The number of Topliss-reactive ketones (excluding diaryl/α,β-unsaturated/α-hetero) is 1. The van der Waals surface area contributed by atoms with Gasteiger partial charge in [-0.2, -0.15) is 0 Å². The highest BCUT2D eigenvalue weighted by Gasteiger charge is 2.16. The van der Waals surface area contributed by atoms with E-state index in [1.807, 2.05) is 25.2 Å². The molecular formula is C16H13Cl2N3O2. The minimum Gasteiger partial charge on any atom is -0.487 e. The molecular weight excluding hydrogens is 337 g/mol. The van der Waals surface area contributed by atoms with Crippen molar-refractivity contribution >= 4 is 40.0 Å². The van der Waals surface area contributed by atoms with E-state index in [0.717, 1.165) is 16.6 Å². The molecule has 0 unspecified atom stereocenters. The summed E-state index contributed by atoms with van der Waals surface area (Å²) in [4.78, 5) is 11.7. The number of fused-ring (bicyclic) bond motifs is 1. The maximum absolute atomic E-state index is 11.7. The van der Waals surface area contributed by atoms with Crippen molar-refractivity contribution in [3.8, 4) is 5.75 Å². The van der Waals surface area contributed by atoms with E-state index in [9.17, 15) is 4.79 Å². The van der Waals surface area contributed by atoms with Crippen LogP contribution in [0, 0.1) is 0 Å². The lowest BCUT2D eigenvalue weighted by Crippen LogP contribution is -2.03. The molecule has 1 heterocycles.